The molecule has 0 bridgehead atoms. The first-order valence-electron chi connectivity index (χ1n) is 6.78. The first-order chi connectivity index (χ1) is 10.7. The smallest absolute Gasteiger partial charge is 0.417 e. The van der Waals surface area contributed by atoms with Crippen LogP contribution in [0.2, 0.25) is 5.02 Å². The van der Waals surface area contributed by atoms with Crippen LogP contribution in [0.4, 0.5) is 18.9 Å². The minimum absolute atomic E-state index is 0.0132. The lowest BCUT2D eigenvalue weighted by Gasteiger charge is -2.16. The van der Waals surface area contributed by atoms with Gasteiger partial charge in [-0.1, -0.05) is 11.6 Å². The number of aliphatic carboxylic acids is 1. The number of anilines is 1. The molecule has 1 unspecified atom stereocenters. The van der Waals surface area contributed by atoms with Gasteiger partial charge in [-0.3, -0.25) is 14.5 Å². The number of likely N-dealkylation sites (tertiary alicyclic amines) is 1. The number of rotatable bonds is 4. The van der Waals surface area contributed by atoms with E-state index in [0.29, 0.717) is 13.0 Å². The summed E-state index contributed by atoms with van der Waals surface area (Å²) in [6, 6.07) is 3.11. The molecule has 5 nitrogen and oxygen atoms in total. The van der Waals surface area contributed by atoms with Crippen LogP contribution < -0.4 is 5.32 Å². The van der Waals surface area contributed by atoms with Gasteiger partial charge in [0.1, 0.15) is 0 Å². The van der Waals surface area contributed by atoms with E-state index in [4.69, 9.17) is 16.7 Å². The van der Waals surface area contributed by atoms with Crippen molar-refractivity contribution >= 4 is 29.2 Å². The molecule has 126 valence electrons. The number of nitrogens with zero attached hydrogens (tertiary/aromatic N) is 1. The fourth-order valence-electron chi connectivity index (χ4n) is 2.40. The van der Waals surface area contributed by atoms with Crippen molar-refractivity contribution in [3.8, 4) is 0 Å². The molecule has 0 spiro atoms. The van der Waals surface area contributed by atoms with E-state index in [9.17, 15) is 22.8 Å². The minimum atomic E-state index is -4.61. The fourth-order valence-corrected chi connectivity index (χ4v) is 2.63. The van der Waals surface area contributed by atoms with Gasteiger partial charge in [0.05, 0.1) is 23.0 Å². The second kappa shape index (κ2) is 6.76. The van der Waals surface area contributed by atoms with Crippen LogP contribution in [0.15, 0.2) is 18.2 Å². The van der Waals surface area contributed by atoms with Crippen molar-refractivity contribution in [3.05, 3.63) is 28.8 Å². The highest BCUT2D eigenvalue weighted by molar-refractivity contribution is 6.31. The van der Waals surface area contributed by atoms with Crippen molar-refractivity contribution in [1.82, 2.24) is 4.90 Å². The summed E-state index contributed by atoms with van der Waals surface area (Å²) in [4.78, 5) is 24.4. The lowest BCUT2D eigenvalue weighted by Crippen LogP contribution is -2.32. The maximum atomic E-state index is 12.8. The Morgan fingerprint density at radius 2 is 2.09 bits per heavy atom. The van der Waals surface area contributed by atoms with Crippen LogP contribution >= 0.6 is 11.6 Å². The number of carbonyl (C=O) groups is 2. The summed E-state index contributed by atoms with van der Waals surface area (Å²) in [6.07, 6.45) is -4.16. The van der Waals surface area contributed by atoms with Crippen LogP contribution in [0.3, 0.4) is 0 Å². The predicted octanol–water partition coefficient (Wildman–Crippen LogP) is 2.70. The van der Waals surface area contributed by atoms with Crippen molar-refractivity contribution < 1.29 is 27.9 Å². The summed E-state index contributed by atoms with van der Waals surface area (Å²) in [6.45, 7) is 0.629. The van der Waals surface area contributed by atoms with E-state index in [1.165, 1.54) is 6.07 Å². The quantitative estimate of drug-likeness (QED) is 0.876. The Morgan fingerprint density at radius 1 is 1.39 bits per heavy atom. The molecule has 1 fully saturated rings. The molecule has 1 atom stereocenters. The van der Waals surface area contributed by atoms with Gasteiger partial charge in [0.2, 0.25) is 5.91 Å². The number of carboxylic acids is 1. The highest BCUT2D eigenvalue weighted by Crippen LogP contribution is 2.36. The standard InChI is InChI=1S/C14H14ClF3N2O3/c15-11-2-1-9(5-10(11)14(16,17)18)19-12(21)7-20-4-3-8(6-20)13(22)23/h1-2,5,8H,3-4,6-7H2,(H,19,21)(H,22,23). The molecule has 1 heterocycles. The van der Waals surface area contributed by atoms with Gasteiger partial charge in [-0.2, -0.15) is 13.2 Å². The van der Waals surface area contributed by atoms with E-state index >= 15 is 0 Å². The van der Waals surface area contributed by atoms with Gasteiger partial charge in [-0.25, -0.2) is 0 Å². The van der Waals surface area contributed by atoms with E-state index < -0.39 is 34.6 Å². The molecule has 1 amide bonds. The number of halogens is 4. The Kier molecular flexibility index (Phi) is 5.16. The molecular weight excluding hydrogens is 337 g/mol. The summed E-state index contributed by atoms with van der Waals surface area (Å²) in [7, 11) is 0. The number of nitrogens with one attached hydrogen (secondary N) is 1. The van der Waals surface area contributed by atoms with Crippen LogP contribution in [-0.2, 0) is 15.8 Å². The number of amides is 1. The van der Waals surface area contributed by atoms with Crippen molar-refractivity contribution in [3.63, 3.8) is 0 Å². The Bertz CT molecular complexity index is 622. The first kappa shape index (κ1) is 17.6. The highest BCUT2D eigenvalue weighted by Gasteiger charge is 2.33. The maximum absolute atomic E-state index is 12.8. The summed E-state index contributed by atoms with van der Waals surface area (Å²) in [5.41, 5.74) is -1.04. The first-order valence-corrected chi connectivity index (χ1v) is 7.16. The Morgan fingerprint density at radius 3 is 2.65 bits per heavy atom. The maximum Gasteiger partial charge on any atom is 0.417 e. The number of carboxylic acid groups (broad SMARTS) is 1. The van der Waals surface area contributed by atoms with Gasteiger partial charge in [-0.05, 0) is 31.2 Å². The molecule has 9 heteroatoms. The summed E-state index contributed by atoms with van der Waals surface area (Å²) < 4.78 is 38.3. The molecule has 0 radical (unpaired) electrons. The molecule has 1 aliphatic rings. The van der Waals surface area contributed by atoms with E-state index in [-0.39, 0.29) is 18.8 Å². The monoisotopic (exact) mass is 350 g/mol. The van der Waals surface area contributed by atoms with Crippen LogP contribution in [0.1, 0.15) is 12.0 Å². The largest absolute Gasteiger partial charge is 0.481 e. The molecule has 0 saturated carbocycles. The Labute approximate surface area is 135 Å². The zero-order valence-electron chi connectivity index (χ0n) is 11.9. The SMILES string of the molecule is O=C(CN1CCC(C(=O)O)C1)Nc1ccc(Cl)c(C(F)(F)F)c1. The van der Waals surface area contributed by atoms with E-state index in [1.807, 2.05) is 0 Å². The Hall–Kier alpha value is -1.80. The summed E-state index contributed by atoms with van der Waals surface area (Å²) >= 11 is 5.50. The number of benzene rings is 1. The third-order valence-corrected chi connectivity index (χ3v) is 3.87. The molecule has 1 aromatic carbocycles. The lowest BCUT2D eigenvalue weighted by molar-refractivity contribution is -0.141. The molecule has 1 aromatic rings. The molecule has 2 N–H and O–H groups in total. The topological polar surface area (TPSA) is 69.6 Å². The fraction of sp³-hybridized carbons (Fsp3) is 0.429. The average Bonchev–Trinajstić information content (AvgIpc) is 2.88. The third-order valence-electron chi connectivity index (χ3n) is 3.54. The molecule has 23 heavy (non-hydrogen) atoms. The molecular formula is C14H14ClF3N2O3. The third kappa shape index (κ3) is 4.59. The predicted molar refractivity (Wildman–Crippen MR) is 77.3 cm³/mol. The minimum Gasteiger partial charge on any atom is -0.481 e. The zero-order chi connectivity index (χ0) is 17.2. The van der Waals surface area contributed by atoms with Crippen LogP contribution in [-0.4, -0.2) is 41.5 Å². The normalized spacial score (nSPS) is 18.9. The van der Waals surface area contributed by atoms with E-state index in [0.717, 1.165) is 12.1 Å². The van der Waals surface area contributed by atoms with Crippen LogP contribution in [0.25, 0.3) is 0 Å². The average molecular weight is 351 g/mol. The highest BCUT2D eigenvalue weighted by atomic mass is 35.5. The number of alkyl halides is 3. The van der Waals surface area contributed by atoms with Gasteiger partial charge < -0.3 is 10.4 Å². The molecule has 1 saturated heterocycles. The summed E-state index contributed by atoms with van der Waals surface area (Å²) in [5.74, 6) is -1.94. The molecule has 2 rings (SSSR count). The second-order valence-corrected chi connectivity index (χ2v) is 5.71. The van der Waals surface area contributed by atoms with Gasteiger partial charge in [0.15, 0.2) is 0 Å². The number of hydrogen-bond acceptors (Lipinski definition) is 3. The molecule has 1 aliphatic heterocycles. The van der Waals surface area contributed by atoms with Crippen molar-refractivity contribution in [1.29, 1.82) is 0 Å². The zero-order valence-corrected chi connectivity index (χ0v) is 12.6. The van der Waals surface area contributed by atoms with E-state index in [2.05, 4.69) is 5.32 Å². The van der Waals surface area contributed by atoms with Crippen molar-refractivity contribution in [2.75, 3.05) is 25.0 Å². The second-order valence-electron chi connectivity index (χ2n) is 5.30. The van der Waals surface area contributed by atoms with Gasteiger partial charge >= 0.3 is 12.1 Å². The number of carbonyl (C=O) groups excluding carboxylic acids is 1. The van der Waals surface area contributed by atoms with Crippen molar-refractivity contribution in [2.24, 2.45) is 5.92 Å². The van der Waals surface area contributed by atoms with Crippen LogP contribution in [0, 0.1) is 5.92 Å². The molecule has 0 aromatic heterocycles. The number of hydrogen-bond donors (Lipinski definition) is 2. The lowest BCUT2D eigenvalue weighted by atomic mass is 10.1. The Balaban J connectivity index is 1.97. The van der Waals surface area contributed by atoms with Gasteiger partial charge in [0.25, 0.3) is 0 Å². The summed E-state index contributed by atoms with van der Waals surface area (Å²) in [5, 5.41) is 10.8. The van der Waals surface area contributed by atoms with Crippen molar-refractivity contribution in [2.45, 2.75) is 12.6 Å². The van der Waals surface area contributed by atoms with Crippen LogP contribution in [0.5, 0.6) is 0 Å². The van der Waals surface area contributed by atoms with Gasteiger partial charge in [0, 0.05) is 12.2 Å². The molecule has 0 aliphatic carbocycles. The van der Waals surface area contributed by atoms with E-state index in [1.54, 1.807) is 4.90 Å². The van der Waals surface area contributed by atoms with Gasteiger partial charge in [-0.15, -0.1) is 0 Å².